The van der Waals surface area contributed by atoms with Gasteiger partial charge in [0.15, 0.2) is 0 Å². The minimum absolute atomic E-state index is 0.122. The van der Waals surface area contributed by atoms with Crippen LogP contribution < -0.4 is 4.90 Å². The minimum atomic E-state index is -3.67. The lowest BCUT2D eigenvalue weighted by molar-refractivity contribution is -0.173. The Kier molecular flexibility index (Phi) is 10.4. The van der Waals surface area contributed by atoms with E-state index in [4.69, 9.17) is 11.6 Å². The summed E-state index contributed by atoms with van der Waals surface area (Å²) in [6, 6.07) is 12.9. The Morgan fingerprint density at radius 1 is 1.08 bits per heavy atom. The second kappa shape index (κ2) is 12.9. The maximum atomic E-state index is 14.4. The van der Waals surface area contributed by atoms with Crippen LogP contribution in [-0.4, -0.2) is 71.4 Å². The van der Waals surface area contributed by atoms with Crippen LogP contribution in [0.5, 0.6) is 0 Å². The summed E-state index contributed by atoms with van der Waals surface area (Å²) in [7, 11) is 4.85. The van der Waals surface area contributed by atoms with Gasteiger partial charge >= 0.3 is 3.93 Å². The SMILES string of the molecule is CN(C)C(=O)c1ccc(N2CCC(CCCCN(C)C(=O)C(O)(c3ccccc3)C(F)(F)I)CC2)cc1Cl. The molecule has 1 aliphatic heterocycles. The molecule has 2 amide bonds. The number of amides is 2. The second-order valence-corrected chi connectivity index (χ2v) is 11.9. The van der Waals surface area contributed by atoms with Gasteiger partial charge in [0.1, 0.15) is 0 Å². The van der Waals surface area contributed by atoms with Crippen molar-refractivity contribution in [3.63, 3.8) is 0 Å². The number of halogens is 4. The Balaban J connectivity index is 1.47. The highest BCUT2D eigenvalue weighted by atomic mass is 127. The molecule has 38 heavy (non-hydrogen) atoms. The number of anilines is 1. The summed E-state index contributed by atoms with van der Waals surface area (Å²) < 4.78 is 25.2. The van der Waals surface area contributed by atoms with Crippen molar-refractivity contribution in [3.8, 4) is 0 Å². The van der Waals surface area contributed by atoms with Gasteiger partial charge in [0.25, 0.3) is 11.8 Å². The molecule has 0 aromatic heterocycles. The van der Waals surface area contributed by atoms with E-state index in [9.17, 15) is 23.5 Å². The number of rotatable bonds is 10. The van der Waals surface area contributed by atoms with E-state index in [-0.39, 0.29) is 18.0 Å². The molecule has 3 rings (SSSR count). The van der Waals surface area contributed by atoms with Crippen molar-refractivity contribution in [2.45, 2.75) is 41.6 Å². The molecule has 208 valence electrons. The predicted molar refractivity (Wildman–Crippen MR) is 155 cm³/mol. The number of nitrogens with zero attached hydrogens (tertiary/aromatic N) is 3. The molecule has 1 saturated heterocycles. The summed E-state index contributed by atoms with van der Waals surface area (Å²) in [6.45, 7) is 2.06. The first-order chi connectivity index (χ1) is 17.9. The first-order valence-corrected chi connectivity index (χ1v) is 14.2. The predicted octanol–water partition coefficient (Wildman–Crippen LogP) is 5.80. The normalized spacial score (nSPS) is 16.2. The Hall–Kier alpha value is -1.98. The van der Waals surface area contributed by atoms with Gasteiger partial charge in [0.2, 0.25) is 5.60 Å². The lowest BCUT2D eigenvalue weighted by Gasteiger charge is -2.35. The monoisotopic (exact) mass is 661 g/mol. The quantitative estimate of drug-likeness (QED) is 0.199. The highest BCUT2D eigenvalue weighted by molar-refractivity contribution is 14.1. The van der Waals surface area contributed by atoms with Crippen LogP contribution in [0.15, 0.2) is 48.5 Å². The Bertz CT molecular complexity index is 1110. The number of benzene rings is 2. The number of hydrogen-bond acceptors (Lipinski definition) is 4. The summed E-state index contributed by atoms with van der Waals surface area (Å²) in [5.41, 5.74) is -1.55. The fourth-order valence-corrected chi connectivity index (χ4v) is 5.64. The molecule has 0 aliphatic carbocycles. The van der Waals surface area contributed by atoms with Crippen LogP contribution in [0.2, 0.25) is 5.02 Å². The number of likely N-dealkylation sites (N-methyl/N-ethyl adjacent to an activating group) is 1. The molecule has 1 N–H and O–H groups in total. The zero-order valence-corrected chi connectivity index (χ0v) is 24.9. The third-order valence-electron chi connectivity index (χ3n) is 7.18. The van der Waals surface area contributed by atoms with Crippen molar-refractivity contribution in [2.24, 2.45) is 5.92 Å². The Morgan fingerprint density at radius 2 is 1.71 bits per heavy atom. The van der Waals surface area contributed by atoms with Crippen LogP contribution >= 0.6 is 34.2 Å². The summed E-state index contributed by atoms with van der Waals surface area (Å²) in [6.07, 6.45) is 4.54. The van der Waals surface area contributed by atoms with Crippen LogP contribution in [-0.2, 0) is 10.4 Å². The van der Waals surface area contributed by atoms with E-state index >= 15 is 0 Å². The third-order valence-corrected chi connectivity index (χ3v) is 8.28. The van der Waals surface area contributed by atoms with Crippen molar-refractivity contribution in [3.05, 3.63) is 64.7 Å². The van der Waals surface area contributed by atoms with Gasteiger partial charge in [0.05, 0.1) is 10.6 Å². The minimum Gasteiger partial charge on any atom is -0.371 e. The van der Waals surface area contributed by atoms with E-state index in [1.165, 1.54) is 41.1 Å². The van der Waals surface area contributed by atoms with Crippen molar-refractivity contribution >= 4 is 51.7 Å². The molecule has 2 aromatic carbocycles. The van der Waals surface area contributed by atoms with Crippen LogP contribution in [0, 0.1) is 5.92 Å². The van der Waals surface area contributed by atoms with Crippen molar-refractivity contribution in [2.75, 3.05) is 45.7 Å². The van der Waals surface area contributed by atoms with Gasteiger partial charge < -0.3 is 19.8 Å². The van der Waals surface area contributed by atoms with Crippen LogP contribution in [0.1, 0.15) is 48.0 Å². The van der Waals surface area contributed by atoms with E-state index in [1.54, 1.807) is 26.2 Å². The molecule has 0 saturated carbocycles. The fourth-order valence-electron chi connectivity index (χ4n) is 4.84. The Labute approximate surface area is 242 Å². The van der Waals surface area contributed by atoms with E-state index in [2.05, 4.69) is 4.90 Å². The van der Waals surface area contributed by atoms with Crippen LogP contribution in [0.3, 0.4) is 0 Å². The molecule has 1 aliphatic rings. The van der Waals surface area contributed by atoms with Gasteiger partial charge in [-0.2, -0.15) is 8.78 Å². The summed E-state index contributed by atoms with van der Waals surface area (Å²) in [5, 5.41) is 11.3. The topological polar surface area (TPSA) is 64.1 Å². The molecule has 0 spiro atoms. The van der Waals surface area contributed by atoms with Crippen molar-refractivity contribution in [1.82, 2.24) is 9.80 Å². The van der Waals surface area contributed by atoms with Crippen molar-refractivity contribution in [1.29, 1.82) is 0 Å². The van der Waals surface area contributed by atoms with Crippen LogP contribution in [0.25, 0.3) is 0 Å². The molecule has 6 nitrogen and oxygen atoms in total. The Morgan fingerprint density at radius 3 is 2.26 bits per heavy atom. The molecular formula is C28H35ClF2IN3O3. The van der Waals surface area contributed by atoms with E-state index < -0.39 is 15.4 Å². The number of carbonyl (C=O) groups excluding carboxylic acids is 2. The van der Waals surface area contributed by atoms with Gasteiger partial charge in [0, 0.05) is 74.6 Å². The van der Waals surface area contributed by atoms with Gasteiger partial charge in [-0.3, -0.25) is 9.59 Å². The number of hydrogen-bond donors (Lipinski definition) is 1. The van der Waals surface area contributed by atoms with Gasteiger partial charge in [-0.1, -0.05) is 54.8 Å². The smallest absolute Gasteiger partial charge is 0.337 e. The third kappa shape index (κ3) is 6.96. The first kappa shape index (κ1) is 30.6. The molecular weight excluding hydrogens is 627 g/mol. The lowest BCUT2D eigenvalue weighted by Crippen LogP contribution is -2.54. The van der Waals surface area contributed by atoms with Gasteiger partial charge in [-0.25, -0.2) is 0 Å². The highest BCUT2D eigenvalue weighted by Crippen LogP contribution is 2.44. The average molecular weight is 662 g/mol. The van der Waals surface area contributed by atoms with E-state index in [0.717, 1.165) is 67.1 Å². The lowest BCUT2D eigenvalue weighted by atomic mass is 9.91. The summed E-state index contributed by atoms with van der Waals surface area (Å²) in [4.78, 5) is 30.1. The molecule has 10 heteroatoms. The summed E-state index contributed by atoms with van der Waals surface area (Å²) >= 11 is 7.21. The number of piperidine rings is 1. The zero-order valence-electron chi connectivity index (χ0n) is 22.0. The number of alkyl halides is 3. The number of carbonyl (C=O) groups is 2. The van der Waals surface area contributed by atoms with Gasteiger partial charge in [-0.05, 0) is 43.4 Å². The van der Waals surface area contributed by atoms with Crippen LogP contribution in [0.4, 0.5) is 14.5 Å². The molecule has 0 bridgehead atoms. The molecule has 2 aromatic rings. The van der Waals surface area contributed by atoms with E-state index in [1.807, 2.05) is 12.1 Å². The number of aliphatic hydroxyl groups is 1. The maximum Gasteiger partial charge on any atom is 0.337 e. The van der Waals surface area contributed by atoms with Gasteiger partial charge in [-0.15, -0.1) is 0 Å². The summed E-state index contributed by atoms with van der Waals surface area (Å²) in [5.74, 6) is -0.592. The van der Waals surface area contributed by atoms with Crippen molar-refractivity contribution < 1.29 is 23.5 Å². The largest absolute Gasteiger partial charge is 0.371 e. The first-order valence-electron chi connectivity index (χ1n) is 12.7. The molecule has 1 atom stereocenters. The standard InChI is InChI=1S/C28H35ClF2IN3O3/c1-33(2)25(36)23-13-12-22(19-24(23)29)35-17-14-20(15-18-35)9-7-8-16-34(3)26(37)27(38,28(30,31)32)21-10-5-4-6-11-21/h4-6,10-13,19-20,38H,7-9,14-18H2,1-3H3. The molecule has 1 fully saturated rings. The molecule has 1 unspecified atom stereocenters. The second-order valence-electron chi connectivity index (χ2n) is 10.1. The molecule has 1 heterocycles. The number of unbranched alkanes of at least 4 members (excludes halogenated alkanes) is 1. The highest BCUT2D eigenvalue weighted by Gasteiger charge is 2.58. The zero-order chi connectivity index (χ0) is 28.1. The maximum absolute atomic E-state index is 14.4. The van der Waals surface area contributed by atoms with E-state index in [0.29, 0.717) is 22.9 Å². The average Bonchev–Trinajstić information content (AvgIpc) is 2.89. The molecule has 0 radical (unpaired) electrons. The fraction of sp³-hybridized carbons (Fsp3) is 0.500.